The molecule has 1 atom stereocenters. The Morgan fingerprint density at radius 1 is 1.11 bits per heavy atom. The van der Waals surface area contributed by atoms with E-state index in [2.05, 4.69) is 15.5 Å². The quantitative estimate of drug-likeness (QED) is 0.675. The Bertz CT molecular complexity index is 951. The molecule has 1 amide bonds. The van der Waals surface area contributed by atoms with Crippen LogP contribution in [0.2, 0.25) is 0 Å². The van der Waals surface area contributed by atoms with E-state index in [0.29, 0.717) is 17.5 Å². The summed E-state index contributed by atoms with van der Waals surface area (Å²) in [6.07, 6.45) is -0.647. The van der Waals surface area contributed by atoms with Crippen molar-refractivity contribution in [3.63, 3.8) is 0 Å². The lowest BCUT2D eigenvalue weighted by atomic mass is 10.1. The summed E-state index contributed by atoms with van der Waals surface area (Å²) in [6, 6.07) is 13.0. The molecule has 0 fully saturated rings. The van der Waals surface area contributed by atoms with E-state index in [1.54, 1.807) is 14.0 Å². The van der Waals surface area contributed by atoms with Gasteiger partial charge in [-0.25, -0.2) is 0 Å². The van der Waals surface area contributed by atoms with Crippen LogP contribution in [-0.2, 0) is 11.3 Å². The van der Waals surface area contributed by atoms with E-state index in [4.69, 9.17) is 14.0 Å². The van der Waals surface area contributed by atoms with Crippen molar-refractivity contribution in [3.05, 3.63) is 59.5 Å². The lowest BCUT2D eigenvalue weighted by molar-refractivity contribution is -0.127. The smallest absolute Gasteiger partial charge is 0.261 e. The van der Waals surface area contributed by atoms with E-state index in [9.17, 15) is 4.79 Å². The molecular formula is C21H23N3O4. The van der Waals surface area contributed by atoms with Crippen LogP contribution in [0.5, 0.6) is 11.5 Å². The number of hydrogen-bond acceptors (Lipinski definition) is 6. The lowest BCUT2D eigenvalue weighted by Gasteiger charge is -2.15. The Balaban J connectivity index is 1.55. The Kier molecular flexibility index (Phi) is 5.93. The normalized spacial score (nSPS) is 11.7. The SMILES string of the molecule is COc1ccc(-c2noc(CNC(=O)C(C)Oc3ccc(C)c(C)c3)n2)cc1. The van der Waals surface area contributed by atoms with Crippen molar-refractivity contribution in [1.82, 2.24) is 15.5 Å². The number of benzene rings is 2. The first-order valence-corrected chi connectivity index (χ1v) is 8.95. The van der Waals surface area contributed by atoms with E-state index in [1.165, 1.54) is 5.56 Å². The summed E-state index contributed by atoms with van der Waals surface area (Å²) >= 11 is 0. The molecule has 2 aromatic carbocycles. The van der Waals surface area contributed by atoms with Crippen LogP contribution >= 0.6 is 0 Å². The van der Waals surface area contributed by atoms with Crippen molar-refractivity contribution >= 4 is 5.91 Å². The summed E-state index contributed by atoms with van der Waals surface area (Å²) in [4.78, 5) is 16.6. The average molecular weight is 381 g/mol. The molecule has 1 N–H and O–H groups in total. The maximum Gasteiger partial charge on any atom is 0.261 e. The third-order valence-electron chi connectivity index (χ3n) is 4.39. The first kappa shape index (κ1) is 19.4. The number of carbonyl (C=O) groups excluding carboxylic acids is 1. The molecule has 0 saturated heterocycles. The van der Waals surface area contributed by atoms with Gasteiger partial charge in [0.2, 0.25) is 11.7 Å². The first-order valence-electron chi connectivity index (χ1n) is 8.95. The van der Waals surface area contributed by atoms with Crippen LogP contribution in [0.4, 0.5) is 0 Å². The van der Waals surface area contributed by atoms with Gasteiger partial charge in [-0.3, -0.25) is 4.79 Å². The number of aryl methyl sites for hydroxylation is 2. The minimum atomic E-state index is -0.647. The van der Waals surface area contributed by atoms with Crippen LogP contribution in [0.15, 0.2) is 47.0 Å². The van der Waals surface area contributed by atoms with Crippen molar-refractivity contribution in [1.29, 1.82) is 0 Å². The zero-order valence-corrected chi connectivity index (χ0v) is 16.4. The molecule has 0 aliphatic heterocycles. The van der Waals surface area contributed by atoms with Gasteiger partial charge in [-0.2, -0.15) is 4.98 Å². The zero-order valence-electron chi connectivity index (χ0n) is 16.4. The average Bonchev–Trinajstić information content (AvgIpc) is 3.18. The van der Waals surface area contributed by atoms with Gasteiger partial charge in [-0.05, 0) is 68.3 Å². The lowest BCUT2D eigenvalue weighted by Crippen LogP contribution is -2.36. The maximum atomic E-state index is 12.3. The highest BCUT2D eigenvalue weighted by Gasteiger charge is 2.16. The number of amides is 1. The van der Waals surface area contributed by atoms with Gasteiger partial charge in [0.05, 0.1) is 13.7 Å². The zero-order chi connectivity index (χ0) is 20.1. The van der Waals surface area contributed by atoms with E-state index >= 15 is 0 Å². The van der Waals surface area contributed by atoms with Gasteiger partial charge in [-0.15, -0.1) is 0 Å². The topological polar surface area (TPSA) is 86.5 Å². The van der Waals surface area contributed by atoms with Crippen LogP contribution in [0, 0.1) is 13.8 Å². The third-order valence-corrected chi connectivity index (χ3v) is 4.39. The van der Waals surface area contributed by atoms with Gasteiger partial charge in [0, 0.05) is 5.56 Å². The third kappa shape index (κ3) is 4.68. The highest BCUT2D eigenvalue weighted by atomic mass is 16.5. The van der Waals surface area contributed by atoms with Crippen LogP contribution in [0.25, 0.3) is 11.4 Å². The predicted octanol–water partition coefficient (Wildman–Crippen LogP) is 3.45. The standard InChI is InChI=1S/C21H23N3O4/c1-13-5-8-18(11-14(13)2)27-15(3)21(25)22-12-19-23-20(24-28-19)16-6-9-17(26-4)10-7-16/h5-11,15H,12H2,1-4H3,(H,22,25). The number of aromatic nitrogens is 2. The first-order chi connectivity index (χ1) is 13.5. The number of hydrogen-bond donors (Lipinski definition) is 1. The molecule has 0 saturated carbocycles. The van der Waals surface area contributed by atoms with Crippen LogP contribution < -0.4 is 14.8 Å². The second kappa shape index (κ2) is 8.56. The number of ether oxygens (including phenoxy) is 2. The van der Waals surface area contributed by atoms with Gasteiger partial charge in [-0.1, -0.05) is 11.2 Å². The van der Waals surface area contributed by atoms with Crippen molar-refractivity contribution in [2.75, 3.05) is 7.11 Å². The van der Waals surface area contributed by atoms with E-state index in [-0.39, 0.29) is 12.5 Å². The summed E-state index contributed by atoms with van der Waals surface area (Å²) in [5.41, 5.74) is 3.09. The highest BCUT2D eigenvalue weighted by molar-refractivity contribution is 5.80. The summed E-state index contributed by atoms with van der Waals surface area (Å²) in [5.74, 6) is 1.91. The molecule has 0 aliphatic rings. The summed E-state index contributed by atoms with van der Waals surface area (Å²) in [5, 5.41) is 6.69. The molecule has 3 aromatic rings. The molecule has 0 bridgehead atoms. The molecule has 1 unspecified atom stereocenters. The molecule has 0 radical (unpaired) electrons. The van der Waals surface area contributed by atoms with Gasteiger partial charge in [0.1, 0.15) is 11.5 Å². The van der Waals surface area contributed by atoms with Crippen LogP contribution in [0.3, 0.4) is 0 Å². The van der Waals surface area contributed by atoms with Crippen molar-refractivity contribution < 1.29 is 18.8 Å². The molecule has 1 heterocycles. The molecule has 7 heteroatoms. The Morgan fingerprint density at radius 2 is 1.82 bits per heavy atom. The fourth-order valence-electron chi connectivity index (χ4n) is 2.54. The molecule has 146 valence electrons. The fourth-order valence-corrected chi connectivity index (χ4v) is 2.54. The second-order valence-corrected chi connectivity index (χ2v) is 6.46. The molecule has 3 rings (SSSR count). The summed E-state index contributed by atoms with van der Waals surface area (Å²) < 4.78 is 16.0. The molecule has 1 aromatic heterocycles. The minimum absolute atomic E-state index is 0.128. The number of nitrogens with one attached hydrogen (secondary N) is 1. The molecule has 7 nitrogen and oxygen atoms in total. The minimum Gasteiger partial charge on any atom is -0.497 e. The van der Waals surface area contributed by atoms with Crippen molar-refractivity contribution in [2.24, 2.45) is 0 Å². The summed E-state index contributed by atoms with van der Waals surface area (Å²) in [6.45, 7) is 5.85. The van der Waals surface area contributed by atoms with Crippen molar-refractivity contribution in [3.8, 4) is 22.9 Å². The van der Waals surface area contributed by atoms with Gasteiger partial charge >= 0.3 is 0 Å². The number of nitrogens with zero attached hydrogens (tertiary/aromatic N) is 2. The Morgan fingerprint density at radius 3 is 2.50 bits per heavy atom. The largest absolute Gasteiger partial charge is 0.497 e. The predicted molar refractivity (Wildman–Crippen MR) is 104 cm³/mol. The van der Waals surface area contributed by atoms with E-state index in [0.717, 1.165) is 16.9 Å². The van der Waals surface area contributed by atoms with Crippen molar-refractivity contribution in [2.45, 2.75) is 33.4 Å². The van der Waals surface area contributed by atoms with Gasteiger partial charge < -0.3 is 19.3 Å². The summed E-state index contributed by atoms with van der Waals surface area (Å²) in [7, 11) is 1.61. The number of carbonyl (C=O) groups is 1. The molecule has 0 spiro atoms. The monoisotopic (exact) mass is 381 g/mol. The Hall–Kier alpha value is -3.35. The number of rotatable bonds is 7. The van der Waals surface area contributed by atoms with Gasteiger partial charge in [0.15, 0.2) is 6.10 Å². The van der Waals surface area contributed by atoms with E-state index in [1.807, 2.05) is 56.3 Å². The number of methoxy groups -OCH3 is 1. The molecular weight excluding hydrogens is 358 g/mol. The van der Waals surface area contributed by atoms with Crippen LogP contribution in [-0.4, -0.2) is 29.3 Å². The van der Waals surface area contributed by atoms with E-state index < -0.39 is 6.10 Å². The molecule has 0 aliphatic carbocycles. The highest BCUT2D eigenvalue weighted by Crippen LogP contribution is 2.20. The maximum absolute atomic E-state index is 12.3. The molecule has 28 heavy (non-hydrogen) atoms. The van der Waals surface area contributed by atoms with Gasteiger partial charge in [0.25, 0.3) is 5.91 Å². The van der Waals surface area contributed by atoms with Crippen LogP contribution in [0.1, 0.15) is 23.9 Å². The fraction of sp³-hybridized carbons (Fsp3) is 0.286. The second-order valence-electron chi connectivity index (χ2n) is 6.46. The Labute approximate surface area is 163 Å².